The summed E-state index contributed by atoms with van der Waals surface area (Å²) in [6.07, 6.45) is 12.3. The van der Waals surface area contributed by atoms with E-state index in [1.54, 1.807) is 24.7 Å². The van der Waals surface area contributed by atoms with E-state index in [1.165, 1.54) is 28.0 Å². The van der Waals surface area contributed by atoms with Crippen molar-refractivity contribution in [2.75, 3.05) is 84.0 Å². The van der Waals surface area contributed by atoms with E-state index in [4.69, 9.17) is 4.74 Å². The number of alkyl halides is 2. The normalized spacial score (nSPS) is 19.9. The molecule has 1 unspecified atom stereocenters. The molecule has 4 saturated heterocycles. The molecule has 0 radical (unpaired) electrons. The van der Waals surface area contributed by atoms with Crippen LogP contribution in [-0.4, -0.2) is 153 Å². The first-order chi connectivity index (χ1) is 33.8. The van der Waals surface area contributed by atoms with Gasteiger partial charge in [-0.2, -0.15) is 0 Å². The number of aromatic nitrogens is 5. The summed E-state index contributed by atoms with van der Waals surface area (Å²) in [5.41, 5.74) is 4.41. The second kappa shape index (κ2) is 21.8. The molecule has 7 heterocycles. The summed E-state index contributed by atoms with van der Waals surface area (Å²) in [4.78, 5) is 61.7. The average Bonchev–Trinajstić information content (AvgIpc) is 3.80. The molecule has 0 aliphatic carbocycles. The lowest BCUT2D eigenvalue weighted by molar-refractivity contribution is -0.137. The number of aldehydes is 1. The fraction of sp³-hybridized carbons (Fsp3) is 0.538. The number of halogens is 2. The number of hydrogen-bond donors (Lipinski definition) is 1. The number of fused-ring (bicyclic) bond motifs is 1. The minimum Gasteiger partial charge on any atom is -0.377 e. The number of aryl methyl sites for hydroxylation is 1. The number of imide groups is 1. The van der Waals surface area contributed by atoms with Gasteiger partial charge in [-0.1, -0.05) is 12.1 Å². The van der Waals surface area contributed by atoms with E-state index in [-0.39, 0.29) is 29.0 Å². The molecule has 1 N–H and O–H groups in total. The Morgan fingerprint density at radius 2 is 1.67 bits per heavy atom. The van der Waals surface area contributed by atoms with Crippen molar-refractivity contribution in [3.05, 3.63) is 111 Å². The molecule has 374 valence electrons. The number of nitrogens with zero attached hydrogens (tertiary/aromatic N) is 10. The molecule has 5 aromatic rings. The summed E-state index contributed by atoms with van der Waals surface area (Å²) in [6, 6.07) is 14.7. The van der Waals surface area contributed by atoms with E-state index in [9.17, 15) is 19.2 Å². The lowest BCUT2D eigenvalue weighted by atomic mass is 9.96. The molecule has 2 amide bonds. The van der Waals surface area contributed by atoms with Crippen LogP contribution in [0.25, 0.3) is 11.2 Å². The second-order valence-corrected chi connectivity index (χ2v) is 20.0. The summed E-state index contributed by atoms with van der Waals surface area (Å²) >= 11 is 0. The third-order valence-electron chi connectivity index (χ3n) is 14.9. The summed E-state index contributed by atoms with van der Waals surface area (Å²) in [5, 5.41) is 10.6. The zero-order valence-corrected chi connectivity index (χ0v) is 40.8. The Bertz CT molecular complexity index is 2700. The highest BCUT2D eigenvalue weighted by Crippen LogP contribution is 2.33. The Balaban J connectivity index is 0.704. The number of piperidine rings is 3. The van der Waals surface area contributed by atoms with Gasteiger partial charge >= 0.3 is 5.69 Å². The third-order valence-corrected chi connectivity index (χ3v) is 14.9. The fourth-order valence-corrected chi connectivity index (χ4v) is 10.9. The number of amides is 2. The largest absolute Gasteiger partial charge is 0.377 e. The molecule has 4 aliphatic heterocycles. The van der Waals surface area contributed by atoms with E-state index in [0.29, 0.717) is 61.7 Å². The van der Waals surface area contributed by atoms with Gasteiger partial charge in [0.25, 0.3) is 5.92 Å². The van der Waals surface area contributed by atoms with Crippen molar-refractivity contribution in [2.24, 2.45) is 13.0 Å². The fourth-order valence-electron chi connectivity index (χ4n) is 10.9. The molecule has 0 spiro atoms. The van der Waals surface area contributed by atoms with Crippen molar-refractivity contribution in [2.45, 2.75) is 89.4 Å². The van der Waals surface area contributed by atoms with Crippen LogP contribution in [0.2, 0.25) is 0 Å². The van der Waals surface area contributed by atoms with E-state index < -0.39 is 17.7 Å². The molecule has 4 fully saturated rings. The zero-order valence-electron chi connectivity index (χ0n) is 40.8. The van der Waals surface area contributed by atoms with Crippen LogP contribution in [-0.2, 0) is 46.8 Å². The number of pyridine rings is 1. The van der Waals surface area contributed by atoms with E-state index >= 15 is 8.78 Å². The smallest absolute Gasteiger partial charge is 0.337 e. The van der Waals surface area contributed by atoms with Crippen LogP contribution in [0.1, 0.15) is 90.3 Å². The second-order valence-electron chi connectivity index (χ2n) is 20.0. The maximum atomic E-state index is 15.2. The molecule has 2 aromatic carbocycles. The number of carbonyl (C=O) groups excluding carboxylic acids is 3. The van der Waals surface area contributed by atoms with Crippen molar-refractivity contribution in [3.8, 4) is 5.69 Å². The maximum Gasteiger partial charge on any atom is 0.337 e. The first-order valence-electron chi connectivity index (χ1n) is 25.0. The number of likely N-dealkylation sites (N-methyl/N-ethyl adjacent to an activating group) is 1. The SMILES string of the molecule is CN(Cc1cc(N2CCCN(CC3CCN(CCOC4CCN(Cc5cc(C(C)(F)F)c6cn(-c7cccc(Cc8nncn8C)c7)c(=O)n6c5)CC4)CC3)CC2)ccc1C=O)C1CCC(=O)NC1=O. The molecule has 0 saturated carbocycles. The molecule has 1 atom stereocenters. The van der Waals surface area contributed by atoms with Gasteiger partial charge in [0.15, 0.2) is 0 Å². The first kappa shape index (κ1) is 49.3. The lowest BCUT2D eigenvalue weighted by Crippen LogP contribution is -2.51. The van der Waals surface area contributed by atoms with E-state index in [1.807, 2.05) is 53.9 Å². The van der Waals surface area contributed by atoms with Gasteiger partial charge in [0, 0.05) is 115 Å². The molecule has 4 aliphatic rings. The predicted octanol–water partition coefficient (Wildman–Crippen LogP) is 4.88. The van der Waals surface area contributed by atoms with Gasteiger partial charge in [-0.15, -0.1) is 10.2 Å². The zero-order chi connectivity index (χ0) is 48.9. The van der Waals surface area contributed by atoms with Crippen LogP contribution in [0.15, 0.2) is 72.0 Å². The predicted molar refractivity (Wildman–Crippen MR) is 263 cm³/mol. The number of imidazole rings is 1. The third kappa shape index (κ3) is 11.7. The average molecular weight is 964 g/mol. The van der Waals surface area contributed by atoms with Gasteiger partial charge in [0.2, 0.25) is 11.8 Å². The number of anilines is 1. The van der Waals surface area contributed by atoms with Gasteiger partial charge in [0.1, 0.15) is 18.4 Å². The van der Waals surface area contributed by atoms with Gasteiger partial charge in [0.05, 0.1) is 30.0 Å². The Hall–Kier alpha value is -5.66. The van der Waals surface area contributed by atoms with Crippen molar-refractivity contribution < 1.29 is 27.9 Å². The number of nitrogens with one attached hydrogen (secondary N) is 1. The first-order valence-corrected chi connectivity index (χ1v) is 25.0. The molecule has 18 heteroatoms. The minimum atomic E-state index is -3.15. The number of likely N-dealkylation sites (tertiary alicyclic amines) is 2. The Kier molecular flexibility index (Phi) is 15.3. The van der Waals surface area contributed by atoms with Crippen LogP contribution in [0.5, 0.6) is 0 Å². The monoisotopic (exact) mass is 964 g/mol. The highest BCUT2D eigenvalue weighted by molar-refractivity contribution is 6.00. The minimum absolute atomic E-state index is 0.157. The van der Waals surface area contributed by atoms with Gasteiger partial charge in [-0.3, -0.25) is 38.5 Å². The summed E-state index contributed by atoms with van der Waals surface area (Å²) in [7, 11) is 3.74. The summed E-state index contributed by atoms with van der Waals surface area (Å²) in [5.74, 6) is -2.23. The van der Waals surface area contributed by atoms with E-state index in [0.717, 1.165) is 121 Å². The molecule has 70 heavy (non-hydrogen) atoms. The Labute approximate surface area is 408 Å². The highest BCUT2D eigenvalue weighted by atomic mass is 19.3. The number of carbonyl (C=O) groups is 3. The molecule has 9 rings (SSSR count). The topological polar surface area (TPSA) is 146 Å². The van der Waals surface area contributed by atoms with Crippen LogP contribution in [0.4, 0.5) is 14.5 Å². The Morgan fingerprint density at radius 3 is 2.41 bits per heavy atom. The molecule has 0 bridgehead atoms. The number of rotatable bonds is 17. The highest BCUT2D eigenvalue weighted by Gasteiger charge is 2.32. The van der Waals surface area contributed by atoms with Crippen molar-refractivity contribution in [3.63, 3.8) is 0 Å². The van der Waals surface area contributed by atoms with Crippen LogP contribution in [0.3, 0.4) is 0 Å². The van der Waals surface area contributed by atoms with Gasteiger partial charge in [-0.05, 0) is 124 Å². The molecular formula is C52H67F2N11O5. The number of benzene rings is 2. The Morgan fingerprint density at radius 1 is 0.871 bits per heavy atom. The number of ether oxygens (including phenoxy) is 1. The number of hydrogen-bond acceptors (Lipinski definition) is 12. The van der Waals surface area contributed by atoms with Crippen LogP contribution >= 0.6 is 0 Å². The van der Waals surface area contributed by atoms with Crippen LogP contribution < -0.4 is 15.9 Å². The van der Waals surface area contributed by atoms with Gasteiger partial charge in [-0.25, -0.2) is 13.6 Å². The molecular weight excluding hydrogens is 897 g/mol. The molecule has 16 nitrogen and oxygen atoms in total. The van der Waals surface area contributed by atoms with Gasteiger partial charge < -0.3 is 24.0 Å². The molecule has 3 aromatic heterocycles. The summed E-state index contributed by atoms with van der Waals surface area (Å²) < 4.78 is 41.5. The van der Waals surface area contributed by atoms with Crippen molar-refractivity contribution in [1.82, 2.24) is 48.6 Å². The maximum absolute atomic E-state index is 15.2. The summed E-state index contributed by atoms with van der Waals surface area (Å²) in [6.45, 7) is 12.1. The van der Waals surface area contributed by atoms with Crippen molar-refractivity contribution >= 4 is 29.3 Å². The lowest BCUT2D eigenvalue weighted by Gasteiger charge is -2.35. The quantitative estimate of drug-likeness (QED) is 0.100. The standard InChI is InChI=1S/C52H67F2N11O5/c1-52(53,54)45-27-39(32-65-47(45)34-64(51(65)69)43-7-4-6-38(26-43)28-48-57-55-36-59(48)3)31-62-20-14-44(15-21-62)70-25-24-60-18-12-37(13-19-60)30-61-16-5-17-63(23-22-61)42-9-8-40(35-66)41(29-42)33-58(2)46-10-11-49(67)56-50(46)68/h4,6-9,26-27,29,32,34-37,44,46H,5,10-25,28,30-31,33H2,1-3H3,(H,56,67,68). The van der Waals surface area contributed by atoms with Crippen LogP contribution in [0, 0.1) is 5.92 Å². The van der Waals surface area contributed by atoms with Crippen molar-refractivity contribution in [1.29, 1.82) is 0 Å². The van der Waals surface area contributed by atoms with E-state index in [2.05, 4.69) is 41.2 Å².